The molecule has 9 heteroatoms. The molecule has 1 aliphatic heterocycles. The van der Waals surface area contributed by atoms with Crippen LogP contribution in [0.3, 0.4) is 0 Å². The van der Waals surface area contributed by atoms with Crippen molar-refractivity contribution < 1.29 is 14.4 Å². The Kier molecular flexibility index (Phi) is 9.61. The Labute approximate surface area is 232 Å². The van der Waals surface area contributed by atoms with Crippen molar-refractivity contribution in [1.82, 2.24) is 21.3 Å². The number of benzene rings is 3. The van der Waals surface area contributed by atoms with Crippen molar-refractivity contribution in [2.75, 3.05) is 26.2 Å². The first kappa shape index (κ1) is 27.9. The van der Waals surface area contributed by atoms with Crippen molar-refractivity contribution in [1.29, 1.82) is 0 Å². The first-order valence-electron chi connectivity index (χ1n) is 12.8. The van der Waals surface area contributed by atoms with E-state index in [1.807, 2.05) is 48.5 Å². The molecule has 0 atom stereocenters. The number of carbonyl (C=O) groups excluding carboxylic acids is 3. The highest BCUT2D eigenvalue weighted by Gasteiger charge is 2.40. The van der Waals surface area contributed by atoms with Gasteiger partial charge in [-0.15, -0.1) is 0 Å². The van der Waals surface area contributed by atoms with Crippen molar-refractivity contribution in [2.24, 2.45) is 0 Å². The van der Waals surface area contributed by atoms with Gasteiger partial charge in [0.1, 0.15) is 5.54 Å². The fraction of sp³-hybridized carbons (Fsp3) is 0.345. The minimum absolute atomic E-state index is 0.109. The van der Waals surface area contributed by atoms with Crippen LogP contribution in [0.4, 0.5) is 0 Å². The zero-order valence-electron chi connectivity index (χ0n) is 21.1. The summed E-state index contributed by atoms with van der Waals surface area (Å²) >= 11 is 12.0. The number of hydrogen-bond acceptors (Lipinski definition) is 4. The zero-order valence-corrected chi connectivity index (χ0v) is 22.6. The lowest BCUT2D eigenvalue weighted by molar-refractivity contribution is -0.134. The molecule has 0 saturated carbocycles. The summed E-state index contributed by atoms with van der Waals surface area (Å²) in [5.41, 5.74) is 0.881. The highest BCUT2D eigenvalue weighted by Crippen LogP contribution is 2.24. The van der Waals surface area contributed by atoms with E-state index >= 15 is 0 Å². The molecule has 1 saturated heterocycles. The van der Waals surface area contributed by atoms with Crippen LogP contribution in [0.5, 0.6) is 0 Å². The summed E-state index contributed by atoms with van der Waals surface area (Å²) in [6, 6.07) is 19.2. The van der Waals surface area contributed by atoms with Gasteiger partial charge >= 0.3 is 0 Å². The van der Waals surface area contributed by atoms with Crippen LogP contribution >= 0.6 is 23.2 Å². The molecule has 200 valence electrons. The lowest BCUT2D eigenvalue weighted by atomic mass is 9.86. The number of hydrogen-bond donors (Lipinski definition) is 4. The molecular weight excluding hydrogens is 523 g/mol. The quantitative estimate of drug-likeness (QED) is 0.286. The maximum atomic E-state index is 13.2. The largest absolute Gasteiger partial charge is 0.354 e. The Balaban J connectivity index is 1.26. The van der Waals surface area contributed by atoms with Gasteiger partial charge < -0.3 is 21.3 Å². The molecule has 0 spiro atoms. The molecule has 4 N–H and O–H groups in total. The van der Waals surface area contributed by atoms with Crippen LogP contribution in [0.15, 0.2) is 60.7 Å². The third kappa shape index (κ3) is 7.25. The number of halogens is 2. The molecule has 0 aliphatic carbocycles. The molecule has 0 unspecified atom stereocenters. The first-order valence-corrected chi connectivity index (χ1v) is 13.6. The van der Waals surface area contributed by atoms with Gasteiger partial charge in [-0.3, -0.25) is 14.4 Å². The molecule has 3 aromatic rings. The number of fused-ring (bicyclic) bond motifs is 1. The Hall–Kier alpha value is -3.13. The molecule has 38 heavy (non-hydrogen) atoms. The first-order chi connectivity index (χ1) is 18.4. The van der Waals surface area contributed by atoms with E-state index in [0.717, 1.165) is 21.9 Å². The Morgan fingerprint density at radius 1 is 0.842 bits per heavy atom. The van der Waals surface area contributed by atoms with Crippen molar-refractivity contribution in [3.05, 3.63) is 81.8 Å². The van der Waals surface area contributed by atoms with Crippen molar-refractivity contribution >= 4 is 51.7 Å². The Morgan fingerprint density at radius 2 is 1.58 bits per heavy atom. The fourth-order valence-corrected chi connectivity index (χ4v) is 5.09. The minimum atomic E-state index is -0.979. The van der Waals surface area contributed by atoms with Crippen LogP contribution in [0.1, 0.15) is 30.4 Å². The van der Waals surface area contributed by atoms with Gasteiger partial charge in [0.2, 0.25) is 17.7 Å². The predicted molar refractivity (Wildman–Crippen MR) is 151 cm³/mol. The summed E-state index contributed by atoms with van der Waals surface area (Å²) in [6.07, 6.45) is 1.96. The van der Waals surface area contributed by atoms with Gasteiger partial charge in [-0.2, -0.15) is 0 Å². The lowest BCUT2D eigenvalue weighted by Crippen LogP contribution is -2.63. The normalized spacial score (nSPS) is 14.6. The summed E-state index contributed by atoms with van der Waals surface area (Å²) in [5.74, 6) is -0.538. The third-order valence-corrected chi connectivity index (χ3v) is 7.60. The maximum Gasteiger partial charge on any atom is 0.245 e. The summed E-state index contributed by atoms with van der Waals surface area (Å²) in [7, 11) is 0. The maximum absolute atomic E-state index is 13.2. The van der Waals surface area contributed by atoms with E-state index in [9.17, 15) is 14.4 Å². The Bertz CT molecular complexity index is 1300. The predicted octanol–water partition coefficient (Wildman–Crippen LogP) is 3.79. The zero-order chi connectivity index (χ0) is 27.0. The second-order valence-corrected chi connectivity index (χ2v) is 10.4. The number of amides is 3. The summed E-state index contributed by atoms with van der Waals surface area (Å²) in [6.45, 7) is 1.83. The number of rotatable bonds is 10. The molecular formula is C29H32Cl2N4O3. The van der Waals surface area contributed by atoms with Gasteiger partial charge in [0.05, 0.1) is 16.5 Å². The van der Waals surface area contributed by atoms with Gasteiger partial charge in [0.25, 0.3) is 0 Å². The smallest absolute Gasteiger partial charge is 0.245 e. The average Bonchev–Trinajstić information content (AvgIpc) is 2.92. The second kappa shape index (κ2) is 13.1. The van der Waals surface area contributed by atoms with Crippen LogP contribution in [0.25, 0.3) is 10.8 Å². The number of carbonyl (C=O) groups is 3. The van der Waals surface area contributed by atoms with Gasteiger partial charge in [0, 0.05) is 19.5 Å². The van der Waals surface area contributed by atoms with Crippen molar-refractivity contribution in [2.45, 2.75) is 37.6 Å². The summed E-state index contributed by atoms with van der Waals surface area (Å²) in [5, 5.41) is 15.1. The molecule has 0 bridgehead atoms. The van der Waals surface area contributed by atoms with E-state index in [2.05, 4.69) is 21.3 Å². The van der Waals surface area contributed by atoms with Crippen LogP contribution in [-0.4, -0.2) is 49.4 Å². The van der Waals surface area contributed by atoms with Crippen LogP contribution in [0, 0.1) is 0 Å². The topological polar surface area (TPSA) is 99.3 Å². The van der Waals surface area contributed by atoms with Crippen LogP contribution in [0.2, 0.25) is 10.0 Å². The lowest BCUT2D eigenvalue weighted by Gasteiger charge is -2.37. The number of nitrogens with one attached hydrogen (secondary N) is 4. The van der Waals surface area contributed by atoms with Crippen molar-refractivity contribution in [3.63, 3.8) is 0 Å². The van der Waals surface area contributed by atoms with E-state index in [4.69, 9.17) is 23.2 Å². The summed E-state index contributed by atoms with van der Waals surface area (Å²) in [4.78, 5) is 38.5. The standard InChI is InChI=1S/C29H32Cl2N4O3/c30-24-10-8-20(18-25(24)31)9-11-26(36)35-29(12-14-32-15-13-29)28(38)34-17-16-33-27(37)19-22-6-3-5-21-4-1-2-7-23(21)22/h1-8,10,18,32H,9,11-17,19H2,(H,33,37)(H,34,38)(H,35,36). The van der Waals surface area contributed by atoms with Crippen LogP contribution in [-0.2, 0) is 27.2 Å². The van der Waals surface area contributed by atoms with E-state index in [1.165, 1.54) is 0 Å². The van der Waals surface area contributed by atoms with Gasteiger partial charge in [0.15, 0.2) is 0 Å². The fourth-order valence-electron chi connectivity index (χ4n) is 4.77. The van der Waals surface area contributed by atoms with E-state index in [0.29, 0.717) is 48.9 Å². The van der Waals surface area contributed by atoms with Gasteiger partial charge in [-0.25, -0.2) is 0 Å². The minimum Gasteiger partial charge on any atom is -0.354 e. The van der Waals surface area contributed by atoms with Gasteiger partial charge in [-0.05, 0) is 66.4 Å². The molecule has 0 radical (unpaired) electrons. The van der Waals surface area contributed by atoms with Gasteiger partial charge in [-0.1, -0.05) is 71.7 Å². The molecule has 0 aromatic heterocycles. The number of aryl methyl sites for hydroxylation is 1. The number of piperidine rings is 1. The molecule has 4 rings (SSSR count). The molecule has 1 aliphatic rings. The molecule has 3 aromatic carbocycles. The monoisotopic (exact) mass is 554 g/mol. The van der Waals surface area contributed by atoms with E-state index in [-0.39, 0.29) is 37.1 Å². The second-order valence-electron chi connectivity index (χ2n) is 9.55. The molecule has 1 heterocycles. The van der Waals surface area contributed by atoms with E-state index in [1.54, 1.807) is 12.1 Å². The SMILES string of the molecule is O=C(Cc1cccc2ccccc12)NCCNC(=O)C1(NC(=O)CCc2ccc(Cl)c(Cl)c2)CCNCC1. The highest BCUT2D eigenvalue weighted by atomic mass is 35.5. The molecule has 1 fully saturated rings. The van der Waals surface area contributed by atoms with Crippen molar-refractivity contribution in [3.8, 4) is 0 Å². The van der Waals surface area contributed by atoms with E-state index < -0.39 is 5.54 Å². The third-order valence-electron chi connectivity index (χ3n) is 6.86. The Morgan fingerprint density at radius 3 is 2.37 bits per heavy atom. The van der Waals surface area contributed by atoms with Crippen LogP contribution < -0.4 is 21.3 Å². The molecule has 3 amide bonds. The average molecular weight is 556 g/mol. The molecule has 7 nitrogen and oxygen atoms in total. The summed E-state index contributed by atoms with van der Waals surface area (Å²) < 4.78 is 0. The highest BCUT2D eigenvalue weighted by molar-refractivity contribution is 6.42.